The Morgan fingerprint density at radius 3 is 2.68 bits per heavy atom. The quantitative estimate of drug-likeness (QED) is 0.608. The Kier molecular flexibility index (Phi) is 4.97. The third-order valence-corrected chi connectivity index (χ3v) is 6.13. The lowest BCUT2D eigenvalue weighted by Gasteiger charge is -2.22. The fraction of sp³-hybridized carbons (Fsp3) is 0.286. The van der Waals surface area contributed by atoms with Gasteiger partial charge in [0.2, 0.25) is 15.9 Å². The first-order valence-corrected chi connectivity index (χ1v) is 11.6. The van der Waals surface area contributed by atoms with E-state index in [-0.39, 0.29) is 0 Å². The molecule has 1 saturated heterocycles. The van der Waals surface area contributed by atoms with Crippen LogP contribution in [0.15, 0.2) is 42.5 Å². The van der Waals surface area contributed by atoms with Gasteiger partial charge in [0.1, 0.15) is 12.1 Å². The van der Waals surface area contributed by atoms with Gasteiger partial charge >= 0.3 is 6.03 Å². The van der Waals surface area contributed by atoms with E-state index in [2.05, 4.69) is 15.4 Å². The van der Waals surface area contributed by atoms with Crippen LogP contribution in [-0.2, 0) is 31.6 Å². The number of rotatable bonds is 5. The Hall–Kier alpha value is -3.40. The molecular weight excluding hydrogens is 420 g/mol. The number of amides is 4. The molecule has 0 bridgehead atoms. The fourth-order valence-corrected chi connectivity index (χ4v) is 4.71. The van der Waals surface area contributed by atoms with E-state index in [0.29, 0.717) is 29.8 Å². The number of nitrogens with one attached hydrogen (secondary N) is 3. The maximum Gasteiger partial charge on any atom is 0.325 e. The van der Waals surface area contributed by atoms with Gasteiger partial charge in [-0.25, -0.2) is 13.2 Å². The number of hydrogen-bond donors (Lipinski definition) is 3. The average Bonchev–Trinajstić information content (AvgIpc) is 3.17. The summed E-state index contributed by atoms with van der Waals surface area (Å²) in [7, 11) is -3.48. The molecule has 1 heterocycles. The largest absolute Gasteiger partial charge is 0.325 e. The highest BCUT2D eigenvalue weighted by Gasteiger charge is 2.55. The third-order valence-electron chi connectivity index (χ3n) is 5.54. The van der Waals surface area contributed by atoms with Gasteiger partial charge in [0.05, 0.1) is 11.9 Å². The Balaban J connectivity index is 1.49. The van der Waals surface area contributed by atoms with Gasteiger partial charge < -0.3 is 10.6 Å². The zero-order valence-corrected chi connectivity index (χ0v) is 17.9. The van der Waals surface area contributed by atoms with Crippen LogP contribution in [-0.4, -0.2) is 44.0 Å². The van der Waals surface area contributed by atoms with Gasteiger partial charge in [-0.15, -0.1) is 0 Å². The molecule has 31 heavy (non-hydrogen) atoms. The minimum atomic E-state index is -3.48. The van der Waals surface area contributed by atoms with E-state index in [9.17, 15) is 22.8 Å². The smallest absolute Gasteiger partial charge is 0.324 e. The van der Waals surface area contributed by atoms with E-state index in [4.69, 9.17) is 0 Å². The summed E-state index contributed by atoms with van der Waals surface area (Å²) in [6.07, 6.45) is 2.15. The standard InChI is InChI=1S/C21H22N4O5S/c1-13-7-8-15(11-17(13)24-31(2,29)30)22-18(26)12-25-19(27)21(23-20(25)28)10-9-14-5-3-4-6-16(14)21/h3-8,11,24H,9-10,12H2,1-2H3,(H,22,26)(H,23,28). The Morgan fingerprint density at radius 1 is 1.19 bits per heavy atom. The van der Waals surface area contributed by atoms with Crippen LogP contribution in [0.2, 0.25) is 0 Å². The fourth-order valence-electron chi connectivity index (χ4n) is 4.09. The van der Waals surface area contributed by atoms with Gasteiger partial charge in [0, 0.05) is 5.69 Å². The third kappa shape index (κ3) is 3.86. The van der Waals surface area contributed by atoms with E-state index in [1.165, 1.54) is 6.07 Å². The average molecular weight is 442 g/mol. The maximum absolute atomic E-state index is 13.1. The van der Waals surface area contributed by atoms with Crippen molar-refractivity contribution in [1.82, 2.24) is 10.2 Å². The van der Waals surface area contributed by atoms with E-state index >= 15 is 0 Å². The first-order chi connectivity index (χ1) is 14.6. The Morgan fingerprint density at radius 2 is 1.94 bits per heavy atom. The monoisotopic (exact) mass is 442 g/mol. The summed E-state index contributed by atoms with van der Waals surface area (Å²) in [5, 5.41) is 5.39. The highest BCUT2D eigenvalue weighted by molar-refractivity contribution is 7.92. The number of hydrogen-bond acceptors (Lipinski definition) is 5. The second kappa shape index (κ2) is 7.38. The van der Waals surface area contributed by atoms with Gasteiger partial charge in [-0.1, -0.05) is 30.3 Å². The second-order valence-electron chi connectivity index (χ2n) is 7.84. The summed E-state index contributed by atoms with van der Waals surface area (Å²) in [6.45, 7) is 1.28. The SMILES string of the molecule is Cc1ccc(NC(=O)CN2C(=O)NC3(CCc4ccccc43)C2=O)cc1NS(C)(=O)=O. The number of sulfonamides is 1. The normalized spacial score (nSPS) is 20.0. The maximum atomic E-state index is 13.1. The Bertz CT molecular complexity index is 1210. The molecule has 2 aromatic rings. The molecule has 1 spiro atoms. The van der Waals surface area contributed by atoms with Crippen LogP contribution in [0, 0.1) is 6.92 Å². The molecule has 10 heteroatoms. The molecule has 3 N–H and O–H groups in total. The van der Waals surface area contributed by atoms with Crippen molar-refractivity contribution in [2.75, 3.05) is 22.8 Å². The molecule has 4 amide bonds. The van der Waals surface area contributed by atoms with Gasteiger partial charge in [0.15, 0.2) is 0 Å². The van der Waals surface area contributed by atoms with Crippen LogP contribution in [0.25, 0.3) is 0 Å². The molecule has 0 aromatic heterocycles. The van der Waals surface area contributed by atoms with Crippen molar-refractivity contribution in [2.24, 2.45) is 0 Å². The van der Waals surface area contributed by atoms with Gasteiger partial charge in [0.25, 0.3) is 5.91 Å². The van der Waals surface area contributed by atoms with E-state index < -0.39 is 40.0 Å². The summed E-state index contributed by atoms with van der Waals surface area (Å²) < 4.78 is 25.4. The Labute approximate surface area is 179 Å². The number of anilines is 2. The number of carbonyl (C=O) groups is 3. The zero-order valence-electron chi connectivity index (χ0n) is 17.1. The lowest BCUT2D eigenvalue weighted by Crippen LogP contribution is -2.43. The van der Waals surface area contributed by atoms with Crippen molar-refractivity contribution < 1.29 is 22.8 Å². The molecule has 1 aliphatic heterocycles. The molecule has 9 nitrogen and oxygen atoms in total. The number of benzene rings is 2. The molecule has 1 aliphatic carbocycles. The van der Waals surface area contributed by atoms with Crippen molar-refractivity contribution in [3.63, 3.8) is 0 Å². The predicted molar refractivity (Wildman–Crippen MR) is 115 cm³/mol. The molecule has 1 fully saturated rings. The van der Waals surface area contributed by atoms with Crippen molar-refractivity contribution in [3.05, 3.63) is 59.2 Å². The molecule has 2 aromatic carbocycles. The molecule has 1 unspecified atom stereocenters. The van der Waals surface area contributed by atoms with E-state index in [0.717, 1.165) is 22.3 Å². The number of nitrogens with zero attached hydrogens (tertiary/aromatic N) is 1. The van der Waals surface area contributed by atoms with E-state index in [1.807, 2.05) is 24.3 Å². The summed E-state index contributed by atoms with van der Waals surface area (Å²) in [5.74, 6) is -1.01. The highest BCUT2D eigenvalue weighted by Crippen LogP contribution is 2.41. The minimum Gasteiger partial charge on any atom is -0.324 e. The topological polar surface area (TPSA) is 125 Å². The number of carbonyl (C=O) groups excluding carboxylic acids is 3. The second-order valence-corrected chi connectivity index (χ2v) is 9.58. The number of urea groups is 1. The van der Waals surface area contributed by atoms with Crippen molar-refractivity contribution >= 4 is 39.2 Å². The molecular formula is C21H22N4O5S. The first kappa shape index (κ1) is 20.9. The van der Waals surface area contributed by atoms with Crippen LogP contribution in [0.1, 0.15) is 23.1 Å². The van der Waals surface area contributed by atoms with Gasteiger partial charge in [-0.3, -0.25) is 19.2 Å². The molecule has 2 aliphatic rings. The van der Waals surface area contributed by atoms with Crippen molar-refractivity contribution in [2.45, 2.75) is 25.3 Å². The van der Waals surface area contributed by atoms with Gasteiger partial charge in [-0.2, -0.15) is 0 Å². The van der Waals surface area contributed by atoms with Crippen LogP contribution in [0.3, 0.4) is 0 Å². The number of fused-ring (bicyclic) bond motifs is 2. The van der Waals surface area contributed by atoms with Crippen molar-refractivity contribution in [3.8, 4) is 0 Å². The van der Waals surface area contributed by atoms with Crippen LogP contribution >= 0.6 is 0 Å². The molecule has 1 atom stereocenters. The summed E-state index contributed by atoms with van der Waals surface area (Å²) >= 11 is 0. The molecule has 0 radical (unpaired) electrons. The number of imide groups is 1. The lowest BCUT2D eigenvalue weighted by atomic mass is 9.92. The van der Waals surface area contributed by atoms with Crippen LogP contribution in [0.4, 0.5) is 16.2 Å². The van der Waals surface area contributed by atoms with E-state index in [1.54, 1.807) is 19.1 Å². The lowest BCUT2D eigenvalue weighted by molar-refractivity contribution is -0.134. The van der Waals surface area contributed by atoms with Gasteiger partial charge in [-0.05, 0) is 48.6 Å². The predicted octanol–water partition coefficient (Wildman–Crippen LogP) is 1.70. The molecule has 0 saturated carbocycles. The summed E-state index contributed by atoms with van der Waals surface area (Å²) in [6, 6.07) is 11.6. The summed E-state index contributed by atoms with van der Waals surface area (Å²) in [4.78, 5) is 39.2. The minimum absolute atomic E-state index is 0.330. The molecule has 162 valence electrons. The first-order valence-electron chi connectivity index (χ1n) is 9.70. The summed E-state index contributed by atoms with van der Waals surface area (Å²) in [5.41, 5.74) is 2.01. The zero-order chi connectivity index (χ0) is 22.4. The van der Waals surface area contributed by atoms with Crippen LogP contribution in [0.5, 0.6) is 0 Å². The molecule has 4 rings (SSSR count). The highest BCUT2D eigenvalue weighted by atomic mass is 32.2. The van der Waals surface area contributed by atoms with Crippen molar-refractivity contribution in [1.29, 1.82) is 0 Å². The van der Waals surface area contributed by atoms with Crippen LogP contribution < -0.4 is 15.4 Å². The number of aryl methyl sites for hydroxylation is 2.